The number of nitrogens with zero attached hydrogens (tertiary/aromatic N) is 2. The molecule has 6 nitrogen and oxygen atoms in total. The van der Waals surface area contributed by atoms with E-state index in [0.29, 0.717) is 36.4 Å². The average molecular weight is 388 g/mol. The van der Waals surface area contributed by atoms with Crippen molar-refractivity contribution in [2.75, 3.05) is 32.4 Å². The molecule has 0 amide bonds. The molecule has 0 aliphatic carbocycles. The lowest BCUT2D eigenvalue weighted by molar-refractivity contribution is 0.221. The Morgan fingerprint density at radius 3 is 2.72 bits per heavy atom. The second-order valence-electron chi connectivity index (χ2n) is 6.79. The Morgan fingerprint density at radius 2 is 2.12 bits per heavy atom. The zero-order valence-electron chi connectivity index (χ0n) is 15.1. The lowest BCUT2D eigenvalue weighted by atomic mass is 10.2. The highest BCUT2D eigenvalue weighted by Crippen LogP contribution is 2.25. The van der Waals surface area contributed by atoms with Crippen molar-refractivity contribution in [3.8, 4) is 5.75 Å². The SMILES string of the molecule is CN=C(NCC(C)Oc1ccccc1Cl)N1CCS(=O)(=O)C(C)(C)C1. The fourth-order valence-corrected chi connectivity index (χ4v) is 4.24. The summed E-state index contributed by atoms with van der Waals surface area (Å²) in [5.41, 5.74) is 0. The average Bonchev–Trinajstić information content (AvgIpc) is 2.53. The van der Waals surface area contributed by atoms with Crippen molar-refractivity contribution in [1.29, 1.82) is 0 Å². The van der Waals surface area contributed by atoms with Crippen molar-refractivity contribution in [3.05, 3.63) is 29.3 Å². The zero-order chi connectivity index (χ0) is 18.7. The standard InChI is InChI=1S/C17H26ClN3O3S/c1-13(24-15-8-6-5-7-14(15)18)11-20-16(19-4)21-9-10-25(22,23)17(2,3)12-21/h5-8,13H,9-12H2,1-4H3,(H,19,20). The lowest BCUT2D eigenvalue weighted by Gasteiger charge is -2.39. The summed E-state index contributed by atoms with van der Waals surface area (Å²) in [4.78, 5) is 6.25. The molecule has 1 heterocycles. The molecule has 1 saturated heterocycles. The number of aliphatic imine (C=N–C) groups is 1. The Hall–Kier alpha value is -1.47. The van der Waals surface area contributed by atoms with E-state index in [2.05, 4.69) is 10.3 Å². The molecule has 1 fully saturated rings. The first-order chi connectivity index (χ1) is 11.7. The van der Waals surface area contributed by atoms with Crippen LogP contribution in [0.1, 0.15) is 20.8 Å². The van der Waals surface area contributed by atoms with Gasteiger partial charge in [-0.2, -0.15) is 0 Å². The van der Waals surface area contributed by atoms with Crippen LogP contribution in [0.2, 0.25) is 5.02 Å². The van der Waals surface area contributed by atoms with Crippen LogP contribution in [-0.4, -0.2) is 62.6 Å². The van der Waals surface area contributed by atoms with Crippen LogP contribution in [0, 0.1) is 0 Å². The predicted molar refractivity (Wildman–Crippen MR) is 102 cm³/mol. The molecule has 0 bridgehead atoms. The van der Waals surface area contributed by atoms with Crippen LogP contribution in [0.15, 0.2) is 29.3 Å². The van der Waals surface area contributed by atoms with Gasteiger partial charge in [0.25, 0.3) is 0 Å². The van der Waals surface area contributed by atoms with Crippen molar-refractivity contribution in [1.82, 2.24) is 10.2 Å². The third-order valence-electron chi connectivity index (χ3n) is 4.27. The Labute approximate surface area is 155 Å². The fourth-order valence-electron chi connectivity index (χ4n) is 2.69. The van der Waals surface area contributed by atoms with Crippen LogP contribution in [0.4, 0.5) is 0 Å². The quantitative estimate of drug-likeness (QED) is 0.633. The van der Waals surface area contributed by atoms with Gasteiger partial charge in [0.05, 0.1) is 22.1 Å². The minimum atomic E-state index is -3.08. The molecule has 0 spiro atoms. The number of hydrogen-bond donors (Lipinski definition) is 1. The van der Waals surface area contributed by atoms with E-state index in [0.717, 1.165) is 0 Å². The molecule has 1 aliphatic heterocycles. The van der Waals surface area contributed by atoms with Gasteiger partial charge in [-0.3, -0.25) is 4.99 Å². The molecule has 8 heteroatoms. The van der Waals surface area contributed by atoms with Gasteiger partial charge in [-0.15, -0.1) is 0 Å². The third kappa shape index (κ3) is 4.79. The second-order valence-corrected chi connectivity index (χ2v) is 9.94. The summed E-state index contributed by atoms with van der Waals surface area (Å²) < 4.78 is 29.3. The van der Waals surface area contributed by atoms with Gasteiger partial charge in [0.2, 0.25) is 0 Å². The van der Waals surface area contributed by atoms with E-state index in [-0.39, 0.29) is 11.9 Å². The van der Waals surface area contributed by atoms with Crippen LogP contribution < -0.4 is 10.1 Å². The van der Waals surface area contributed by atoms with Gasteiger partial charge < -0.3 is 15.0 Å². The van der Waals surface area contributed by atoms with Crippen molar-refractivity contribution >= 4 is 27.4 Å². The molecule has 25 heavy (non-hydrogen) atoms. The molecule has 1 aromatic carbocycles. The highest BCUT2D eigenvalue weighted by Gasteiger charge is 2.40. The molecule has 0 aromatic heterocycles. The van der Waals surface area contributed by atoms with Gasteiger partial charge in [-0.05, 0) is 32.9 Å². The van der Waals surface area contributed by atoms with Crippen molar-refractivity contribution in [3.63, 3.8) is 0 Å². The number of halogens is 1. The van der Waals surface area contributed by atoms with E-state index in [1.165, 1.54) is 0 Å². The summed E-state index contributed by atoms with van der Waals surface area (Å²) >= 11 is 6.10. The molecule has 0 radical (unpaired) electrons. The maximum absolute atomic E-state index is 12.1. The van der Waals surface area contributed by atoms with E-state index < -0.39 is 14.6 Å². The highest BCUT2D eigenvalue weighted by atomic mass is 35.5. The number of rotatable bonds is 4. The summed E-state index contributed by atoms with van der Waals surface area (Å²) in [6.45, 7) is 6.82. The maximum atomic E-state index is 12.1. The summed E-state index contributed by atoms with van der Waals surface area (Å²) in [7, 11) is -1.38. The van der Waals surface area contributed by atoms with Crippen LogP contribution in [0.3, 0.4) is 0 Å². The lowest BCUT2D eigenvalue weighted by Crippen LogP contribution is -2.57. The monoisotopic (exact) mass is 387 g/mol. The number of hydrogen-bond acceptors (Lipinski definition) is 4. The van der Waals surface area contributed by atoms with Crippen molar-refractivity contribution < 1.29 is 13.2 Å². The molecule has 1 unspecified atom stereocenters. The largest absolute Gasteiger partial charge is 0.487 e. The van der Waals surface area contributed by atoms with Gasteiger partial charge in [-0.25, -0.2) is 8.42 Å². The van der Waals surface area contributed by atoms with E-state index >= 15 is 0 Å². The summed E-state index contributed by atoms with van der Waals surface area (Å²) in [5.74, 6) is 1.45. The van der Waals surface area contributed by atoms with Gasteiger partial charge in [0.1, 0.15) is 11.9 Å². The molecule has 1 aliphatic rings. The number of para-hydroxylation sites is 1. The number of ether oxygens (including phenoxy) is 1. The molecule has 2 rings (SSSR count). The second kappa shape index (κ2) is 7.83. The fraction of sp³-hybridized carbons (Fsp3) is 0.588. The van der Waals surface area contributed by atoms with Gasteiger partial charge in [0.15, 0.2) is 15.8 Å². The first-order valence-corrected chi connectivity index (χ1v) is 10.3. The van der Waals surface area contributed by atoms with Crippen LogP contribution in [0.5, 0.6) is 5.75 Å². The maximum Gasteiger partial charge on any atom is 0.193 e. The Bertz CT molecular complexity index is 734. The van der Waals surface area contributed by atoms with E-state index in [1.54, 1.807) is 27.0 Å². The van der Waals surface area contributed by atoms with Crippen LogP contribution >= 0.6 is 11.6 Å². The van der Waals surface area contributed by atoms with Gasteiger partial charge in [-0.1, -0.05) is 23.7 Å². The third-order valence-corrected chi connectivity index (χ3v) is 7.11. The zero-order valence-corrected chi connectivity index (χ0v) is 16.7. The first-order valence-electron chi connectivity index (χ1n) is 8.25. The topological polar surface area (TPSA) is 71.0 Å². The molecular weight excluding hydrogens is 362 g/mol. The van der Waals surface area contributed by atoms with Gasteiger partial charge in [0, 0.05) is 20.1 Å². The highest BCUT2D eigenvalue weighted by molar-refractivity contribution is 7.92. The first kappa shape index (κ1) is 19.8. The minimum Gasteiger partial charge on any atom is -0.487 e. The normalized spacial score (nSPS) is 20.8. The molecular formula is C17H26ClN3O3S. The minimum absolute atomic E-state index is 0.127. The van der Waals surface area contributed by atoms with E-state index in [1.807, 2.05) is 30.0 Å². The predicted octanol–water partition coefficient (Wildman–Crippen LogP) is 2.19. The number of benzene rings is 1. The molecule has 1 N–H and O–H groups in total. The number of sulfone groups is 1. The smallest absolute Gasteiger partial charge is 0.193 e. The number of nitrogens with one attached hydrogen (secondary N) is 1. The van der Waals surface area contributed by atoms with Crippen LogP contribution in [-0.2, 0) is 9.84 Å². The van der Waals surface area contributed by atoms with Crippen LogP contribution in [0.25, 0.3) is 0 Å². The Kier molecular flexibility index (Phi) is 6.21. The summed E-state index contributed by atoms with van der Waals surface area (Å²) in [6, 6.07) is 7.33. The van der Waals surface area contributed by atoms with Crippen molar-refractivity contribution in [2.24, 2.45) is 4.99 Å². The van der Waals surface area contributed by atoms with E-state index in [4.69, 9.17) is 16.3 Å². The Balaban J connectivity index is 1.94. The molecule has 1 atom stereocenters. The molecule has 1 aromatic rings. The summed E-state index contributed by atoms with van der Waals surface area (Å²) in [6.07, 6.45) is -0.127. The molecule has 140 valence electrons. The van der Waals surface area contributed by atoms with E-state index in [9.17, 15) is 8.42 Å². The number of guanidine groups is 1. The van der Waals surface area contributed by atoms with Gasteiger partial charge >= 0.3 is 0 Å². The Morgan fingerprint density at radius 1 is 1.44 bits per heavy atom. The summed E-state index contributed by atoms with van der Waals surface area (Å²) in [5, 5.41) is 3.83. The van der Waals surface area contributed by atoms with Crippen molar-refractivity contribution in [2.45, 2.75) is 31.6 Å². The molecule has 0 saturated carbocycles.